The van der Waals surface area contributed by atoms with Gasteiger partial charge in [-0.3, -0.25) is 0 Å². The largest absolute Gasteiger partial charge is 0.307 e. The molecular weight excluding hydrogens is 236 g/mol. The summed E-state index contributed by atoms with van der Waals surface area (Å²) >= 11 is 0. The van der Waals surface area contributed by atoms with Crippen molar-refractivity contribution < 1.29 is 0 Å². The van der Waals surface area contributed by atoms with Crippen LogP contribution in [0, 0.1) is 12.3 Å². The standard InChI is InChI=1S/C15H18N4/c1-3-8-13(4-2)16-11-14-15(18-19-17-14)12-9-6-5-7-10-12/h1,5-7,9-10,13,16H,4,8,11H2,2H3,(H,17,18,19). The Hall–Kier alpha value is -2.12. The number of benzene rings is 1. The molecule has 0 radical (unpaired) electrons. The van der Waals surface area contributed by atoms with E-state index in [1.807, 2.05) is 30.3 Å². The monoisotopic (exact) mass is 254 g/mol. The van der Waals surface area contributed by atoms with E-state index in [2.05, 4.69) is 33.6 Å². The molecule has 0 saturated heterocycles. The highest BCUT2D eigenvalue weighted by Crippen LogP contribution is 2.18. The second-order valence-electron chi connectivity index (χ2n) is 4.38. The van der Waals surface area contributed by atoms with Crippen LogP contribution >= 0.6 is 0 Å². The van der Waals surface area contributed by atoms with Crippen LogP contribution in [0.25, 0.3) is 11.3 Å². The van der Waals surface area contributed by atoms with Gasteiger partial charge in [0, 0.05) is 24.6 Å². The maximum absolute atomic E-state index is 5.35. The van der Waals surface area contributed by atoms with Gasteiger partial charge in [0.1, 0.15) is 11.4 Å². The van der Waals surface area contributed by atoms with Crippen molar-refractivity contribution >= 4 is 0 Å². The van der Waals surface area contributed by atoms with Crippen LogP contribution in [0.1, 0.15) is 25.5 Å². The smallest absolute Gasteiger partial charge is 0.117 e. The van der Waals surface area contributed by atoms with Gasteiger partial charge in [0.05, 0.1) is 0 Å². The average Bonchev–Trinajstić information content (AvgIpc) is 2.93. The zero-order valence-electron chi connectivity index (χ0n) is 11.1. The SMILES string of the molecule is C#CCC(CC)NCc1n[nH]nc1-c1ccccc1. The van der Waals surface area contributed by atoms with Crippen molar-refractivity contribution in [2.45, 2.75) is 32.4 Å². The van der Waals surface area contributed by atoms with Crippen molar-refractivity contribution in [1.82, 2.24) is 20.7 Å². The maximum atomic E-state index is 5.35. The van der Waals surface area contributed by atoms with E-state index in [1.54, 1.807) is 0 Å². The molecule has 1 aromatic carbocycles. The van der Waals surface area contributed by atoms with Gasteiger partial charge in [-0.15, -0.1) is 12.3 Å². The number of hydrogen-bond donors (Lipinski definition) is 2. The molecule has 1 heterocycles. The second-order valence-corrected chi connectivity index (χ2v) is 4.38. The van der Waals surface area contributed by atoms with Crippen molar-refractivity contribution in [3.63, 3.8) is 0 Å². The van der Waals surface area contributed by atoms with Crippen LogP contribution in [0.4, 0.5) is 0 Å². The minimum absolute atomic E-state index is 0.324. The van der Waals surface area contributed by atoms with Gasteiger partial charge >= 0.3 is 0 Å². The van der Waals surface area contributed by atoms with Gasteiger partial charge in [-0.05, 0) is 6.42 Å². The quantitative estimate of drug-likeness (QED) is 0.778. The molecule has 0 aliphatic rings. The van der Waals surface area contributed by atoms with Gasteiger partial charge in [-0.2, -0.15) is 15.4 Å². The number of hydrogen-bond acceptors (Lipinski definition) is 3. The number of rotatable bonds is 6. The summed E-state index contributed by atoms with van der Waals surface area (Å²) in [4.78, 5) is 0. The number of aromatic nitrogens is 3. The molecule has 0 spiro atoms. The maximum Gasteiger partial charge on any atom is 0.117 e. The van der Waals surface area contributed by atoms with Crippen molar-refractivity contribution in [3.8, 4) is 23.6 Å². The van der Waals surface area contributed by atoms with Crippen molar-refractivity contribution in [1.29, 1.82) is 0 Å². The second kappa shape index (κ2) is 6.72. The average molecular weight is 254 g/mol. The molecule has 4 heteroatoms. The van der Waals surface area contributed by atoms with E-state index in [0.29, 0.717) is 12.6 Å². The molecule has 0 saturated carbocycles. The Labute approximate surface area is 113 Å². The topological polar surface area (TPSA) is 53.6 Å². The minimum atomic E-state index is 0.324. The molecule has 1 aromatic heterocycles. The van der Waals surface area contributed by atoms with Crippen molar-refractivity contribution in [3.05, 3.63) is 36.0 Å². The number of nitrogens with one attached hydrogen (secondary N) is 2. The zero-order valence-corrected chi connectivity index (χ0v) is 11.1. The van der Waals surface area contributed by atoms with E-state index in [4.69, 9.17) is 6.42 Å². The van der Waals surface area contributed by atoms with Crippen molar-refractivity contribution in [2.75, 3.05) is 0 Å². The molecule has 0 amide bonds. The fourth-order valence-electron chi connectivity index (χ4n) is 1.95. The Balaban J connectivity index is 2.07. The predicted molar refractivity (Wildman–Crippen MR) is 76.2 cm³/mol. The molecule has 0 aliphatic heterocycles. The van der Waals surface area contributed by atoms with Gasteiger partial charge in [-0.25, -0.2) is 0 Å². The fraction of sp³-hybridized carbons (Fsp3) is 0.333. The highest BCUT2D eigenvalue weighted by molar-refractivity contribution is 5.60. The molecule has 1 unspecified atom stereocenters. The lowest BCUT2D eigenvalue weighted by Crippen LogP contribution is -2.27. The number of nitrogens with zero attached hydrogens (tertiary/aromatic N) is 2. The summed E-state index contributed by atoms with van der Waals surface area (Å²) in [6.07, 6.45) is 7.08. The lowest BCUT2D eigenvalue weighted by molar-refractivity contribution is 0.502. The third kappa shape index (κ3) is 3.43. The summed E-state index contributed by atoms with van der Waals surface area (Å²) in [7, 11) is 0. The first-order valence-corrected chi connectivity index (χ1v) is 6.47. The number of aromatic amines is 1. The van der Waals surface area contributed by atoms with Crippen LogP contribution in [0.3, 0.4) is 0 Å². The van der Waals surface area contributed by atoms with Crippen LogP contribution in [0.2, 0.25) is 0 Å². The highest BCUT2D eigenvalue weighted by Gasteiger charge is 2.11. The molecule has 2 rings (SSSR count). The molecule has 0 aliphatic carbocycles. The molecule has 98 valence electrons. The van der Waals surface area contributed by atoms with Gasteiger partial charge in [0.25, 0.3) is 0 Å². The molecule has 0 fully saturated rings. The molecule has 1 atom stereocenters. The number of terminal acetylenes is 1. The van der Waals surface area contributed by atoms with Crippen molar-refractivity contribution in [2.24, 2.45) is 0 Å². The van der Waals surface area contributed by atoms with Crippen LogP contribution < -0.4 is 5.32 Å². The molecule has 0 bridgehead atoms. The van der Waals surface area contributed by atoms with E-state index in [-0.39, 0.29) is 0 Å². The molecule has 4 nitrogen and oxygen atoms in total. The van der Waals surface area contributed by atoms with E-state index < -0.39 is 0 Å². The Morgan fingerprint density at radius 3 is 2.79 bits per heavy atom. The lowest BCUT2D eigenvalue weighted by Gasteiger charge is -2.13. The Morgan fingerprint density at radius 1 is 1.32 bits per heavy atom. The molecule has 2 aromatic rings. The van der Waals surface area contributed by atoms with Gasteiger partial charge in [0.2, 0.25) is 0 Å². The van der Waals surface area contributed by atoms with Crippen LogP contribution in [0.15, 0.2) is 30.3 Å². The number of H-pyrrole nitrogens is 1. The summed E-state index contributed by atoms with van der Waals surface area (Å²) in [5, 5.41) is 14.5. The predicted octanol–water partition coefficient (Wildman–Crippen LogP) is 2.36. The Bertz CT molecular complexity index is 539. The normalized spacial score (nSPS) is 12.0. The summed E-state index contributed by atoms with van der Waals surface area (Å²) in [5.74, 6) is 2.69. The van der Waals surface area contributed by atoms with Gasteiger partial charge in [0.15, 0.2) is 0 Å². The third-order valence-electron chi connectivity index (χ3n) is 3.08. The van der Waals surface area contributed by atoms with Crippen LogP contribution in [-0.4, -0.2) is 21.5 Å². The zero-order chi connectivity index (χ0) is 13.5. The lowest BCUT2D eigenvalue weighted by atomic mass is 10.1. The van der Waals surface area contributed by atoms with E-state index >= 15 is 0 Å². The Morgan fingerprint density at radius 2 is 2.11 bits per heavy atom. The van der Waals surface area contributed by atoms with E-state index in [0.717, 1.165) is 29.8 Å². The summed E-state index contributed by atoms with van der Waals surface area (Å²) in [6.45, 7) is 2.79. The van der Waals surface area contributed by atoms with Crippen LogP contribution in [-0.2, 0) is 6.54 Å². The molecular formula is C15H18N4. The highest BCUT2D eigenvalue weighted by atomic mass is 15.3. The summed E-state index contributed by atoms with van der Waals surface area (Å²) in [5.41, 5.74) is 2.88. The van der Waals surface area contributed by atoms with Gasteiger partial charge in [-0.1, -0.05) is 37.3 Å². The van der Waals surface area contributed by atoms with Crippen LogP contribution in [0.5, 0.6) is 0 Å². The first-order valence-electron chi connectivity index (χ1n) is 6.47. The first-order chi connectivity index (χ1) is 9.35. The van der Waals surface area contributed by atoms with E-state index in [1.165, 1.54) is 0 Å². The van der Waals surface area contributed by atoms with Gasteiger partial charge < -0.3 is 5.32 Å². The summed E-state index contributed by atoms with van der Waals surface area (Å²) < 4.78 is 0. The Kier molecular flexibility index (Phi) is 4.71. The summed E-state index contributed by atoms with van der Waals surface area (Å²) in [6, 6.07) is 10.4. The third-order valence-corrected chi connectivity index (χ3v) is 3.08. The minimum Gasteiger partial charge on any atom is -0.307 e. The first kappa shape index (κ1) is 13.3. The fourth-order valence-corrected chi connectivity index (χ4v) is 1.95. The molecule has 2 N–H and O–H groups in total. The molecule has 19 heavy (non-hydrogen) atoms. The van der Waals surface area contributed by atoms with E-state index in [9.17, 15) is 0 Å².